The first-order valence-electron chi connectivity index (χ1n) is 8.82. The van der Waals surface area contributed by atoms with E-state index in [0.29, 0.717) is 22.5 Å². The van der Waals surface area contributed by atoms with E-state index >= 15 is 0 Å². The third kappa shape index (κ3) is 5.08. The maximum absolute atomic E-state index is 12.5. The van der Waals surface area contributed by atoms with Gasteiger partial charge in [-0.15, -0.1) is 0 Å². The van der Waals surface area contributed by atoms with Crippen LogP contribution >= 0.6 is 0 Å². The lowest BCUT2D eigenvalue weighted by molar-refractivity contribution is 0.102. The van der Waals surface area contributed by atoms with Gasteiger partial charge >= 0.3 is 0 Å². The fraction of sp³-hybridized carbons (Fsp3) is 0.0909. The van der Waals surface area contributed by atoms with Gasteiger partial charge < -0.3 is 10.6 Å². The molecule has 148 valence electrons. The lowest BCUT2D eigenvalue weighted by atomic mass is 10.1. The van der Waals surface area contributed by atoms with E-state index in [1.807, 2.05) is 6.07 Å². The van der Waals surface area contributed by atoms with E-state index in [0.717, 1.165) is 11.8 Å². The number of sulfone groups is 1. The van der Waals surface area contributed by atoms with Gasteiger partial charge in [0.15, 0.2) is 9.84 Å². The average Bonchev–Trinajstić information content (AvgIpc) is 2.70. The van der Waals surface area contributed by atoms with Gasteiger partial charge in [0.05, 0.1) is 4.90 Å². The van der Waals surface area contributed by atoms with E-state index in [4.69, 9.17) is 0 Å². The second kappa shape index (κ2) is 8.28. The molecule has 0 radical (unpaired) electrons. The van der Waals surface area contributed by atoms with Gasteiger partial charge in [-0.1, -0.05) is 24.3 Å². The van der Waals surface area contributed by atoms with Crippen molar-refractivity contribution in [2.24, 2.45) is 0 Å². The molecule has 0 unspecified atom stereocenters. The summed E-state index contributed by atoms with van der Waals surface area (Å²) in [5.74, 6) is -0.615. The molecule has 0 aliphatic carbocycles. The van der Waals surface area contributed by atoms with E-state index in [1.54, 1.807) is 61.5 Å². The zero-order valence-corrected chi connectivity index (χ0v) is 16.8. The van der Waals surface area contributed by atoms with Crippen molar-refractivity contribution in [3.05, 3.63) is 89.5 Å². The van der Waals surface area contributed by atoms with E-state index < -0.39 is 9.84 Å². The minimum atomic E-state index is -3.37. The Kier molecular flexibility index (Phi) is 5.79. The summed E-state index contributed by atoms with van der Waals surface area (Å²) in [4.78, 5) is 24.9. The van der Waals surface area contributed by atoms with Crippen LogP contribution in [0.2, 0.25) is 0 Å². The Morgan fingerprint density at radius 1 is 0.759 bits per heavy atom. The second-order valence-corrected chi connectivity index (χ2v) is 8.62. The molecular weight excluding hydrogens is 388 g/mol. The third-order valence-electron chi connectivity index (χ3n) is 4.33. The molecule has 2 amide bonds. The number of aryl methyl sites for hydroxylation is 1. The molecule has 0 aliphatic heterocycles. The van der Waals surface area contributed by atoms with E-state index in [1.165, 1.54) is 12.1 Å². The normalized spacial score (nSPS) is 11.0. The molecule has 3 aromatic carbocycles. The monoisotopic (exact) mass is 408 g/mol. The summed E-state index contributed by atoms with van der Waals surface area (Å²) in [7, 11) is -3.37. The number of hydrogen-bond donors (Lipinski definition) is 2. The minimum Gasteiger partial charge on any atom is -0.322 e. The van der Waals surface area contributed by atoms with Gasteiger partial charge in [0, 0.05) is 28.8 Å². The number of rotatable bonds is 5. The summed E-state index contributed by atoms with van der Waals surface area (Å²) in [6.45, 7) is 1.78. The molecule has 0 fully saturated rings. The fourth-order valence-electron chi connectivity index (χ4n) is 2.66. The van der Waals surface area contributed by atoms with Crippen LogP contribution in [0.15, 0.2) is 77.7 Å². The Balaban J connectivity index is 1.72. The molecule has 0 saturated heterocycles. The fourth-order valence-corrected chi connectivity index (χ4v) is 3.31. The summed E-state index contributed by atoms with van der Waals surface area (Å²) in [6, 6.07) is 19.9. The molecule has 2 N–H and O–H groups in total. The Hall–Kier alpha value is -3.45. The number of carbonyl (C=O) groups is 2. The van der Waals surface area contributed by atoms with Crippen molar-refractivity contribution >= 4 is 33.0 Å². The zero-order chi connectivity index (χ0) is 21.0. The maximum atomic E-state index is 12.5. The van der Waals surface area contributed by atoms with E-state index in [9.17, 15) is 18.0 Å². The number of anilines is 2. The van der Waals surface area contributed by atoms with Crippen LogP contribution in [0.1, 0.15) is 26.3 Å². The van der Waals surface area contributed by atoms with Crippen LogP contribution in [0.4, 0.5) is 11.4 Å². The molecule has 0 saturated carbocycles. The largest absolute Gasteiger partial charge is 0.322 e. The van der Waals surface area contributed by atoms with Crippen molar-refractivity contribution in [2.75, 3.05) is 16.9 Å². The van der Waals surface area contributed by atoms with E-state index in [-0.39, 0.29) is 16.7 Å². The lowest BCUT2D eigenvalue weighted by Crippen LogP contribution is -2.14. The van der Waals surface area contributed by atoms with E-state index in [2.05, 4.69) is 10.6 Å². The van der Waals surface area contributed by atoms with Crippen LogP contribution in [-0.2, 0) is 9.84 Å². The molecule has 0 heterocycles. The average molecular weight is 408 g/mol. The summed E-state index contributed by atoms with van der Waals surface area (Å²) >= 11 is 0. The predicted octanol–water partition coefficient (Wildman–Crippen LogP) is 3.90. The Labute approximate surface area is 169 Å². The van der Waals surface area contributed by atoms with Crippen molar-refractivity contribution < 1.29 is 18.0 Å². The molecule has 0 aliphatic rings. The third-order valence-corrected chi connectivity index (χ3v) is 5.44. The van der Waals surface area contributed by atoms with Crippen molar-refractivity contribution in [2.45, 2.75) is 11.8 Å². The number of nitrogens with one attached hydrogen (secondary N) is 2. The molecule has 0 spiro atoms. The first-order valence-corrected chi connectivity index (χ1v) is 10.7. The predicted molar refractivity (Wildman–Crippen MR) is 113 cm³/mol. The number of carbonyl (C=O) groups excluding carboxylic acids is 2. The summed E-state index contributed by atoms with van der Waals surface area (Å²) in [6.07, 6.45) is 1.12. The van der Waals surface area contributed by atoms with Gasteiger partial charge in [0.2, 0.25) is 0 Å². The van der Waals surface area contributed by atoms with Crippen LogP contribution in [0, 0.1) is 6.92 Å². The van der Waals surface area contributed by atoms with Crippen LogP contribution in [0.25, 0.3) is 0 Å². The summed E-state index contributed by atoms with van der Waals surface area (Å²) in [5, 5.41) is 5.50. The highest BCUT2D eigenvalue weighted by molar-refractivity contribution is 7.90. The molecule has 7 heteroatoms. The van der Waals surface area contributed by atoms with Gasteiger partial charge in [0.1, 0.15) is 0 Å². The first kappa shape index (κ1) is 20.3. The molecule has 29 heavy (non-hydrogen) atoms. The van der Waals surface area contributed by atoms with Crippen molar-refractivity contribution in [1.29, 1.82) is 0 Å². The Morgan fingerprint density at radius 2 is 1.34 bits per heavy atom. The van der Waals surface area contributed by atoms with Crippen molar-refractivity contribution in [3.8, 4) is 0 Å². The van der Waals surface area contributed by atoms with Crippen LogP contribution in [0.3, 0.4) is 0 Å². The lowest BCUT2D eigenvalue weighted by Gasteiger charge is -2.11. The van der Waals surface area contributed by atoms with Crippen LogP contribution in [0.5, 0.6) is 0 Å². The van der Waals surface area contributed by atoms with Crippen molar-refractivity contribution in [1.82, 2.24) is 0 Å². The molecule has 3 aromatic rings. The highest BCUT2D eigenvalue weighted by Crippen LogP contribution is 2.21. The molecule has 0 aromatic heterocycles. The molecule has 0 atom stereocenters. The summed E-state index contributed by atoms with van der Waals surface area (Å²) in [5.41, 5.74) is 2.66. The molecule has 3 rings (SSSR count). The highest BCUT2D eigenvalue weighted by atomic mass is 32.2. The quantitative estimate of drug-likeness (QED) is 0.670. The SMILES string of the molecule is Cc1ccc(S(C)(=O)=O)cc1NC(=O)c1ccc(NC(=O)c2ccccc2)cc1. The van der Waals surface area contributed by atoms with Gasteiger partial charge in [-0.25, -0.2) is 8.42 Å². The standard InChI is InChI=1S/C22H20N2O4S/c1-15-8-13-19(29(2,27)28)14-20(15)24-22(26)17-9-11-18(12-10-17)23-21(25)16-6-4-3-5-7-16/h3-14H,1-2H3,(H,23,25)(H,24,26). The zero-order valence-electron chi connectivity index (χ0n) is 16.0. The van der Waals surface area contributed by atoms with Gasteiger partial charge in [0.25, 0.3) is 11.8 Å². The van der Waals surface area contributed by atoms with Crippen molar-refractivity contribution in [3.63, 3.8) is 0 Å². The number of hydrogen-bond acceptors (Lipinski definition) is 4. The molecule has 0 bridgehead atoms. The molecule has 6 nitrogen and oxygen atoms in total. The first-order chi connectivity index (χ1) is 13.7. The summed E-state index contributed by atoms with van der Waals surface area (Å²) < 4.78 is 23.5. The Morgan fingerprint density at radius 3 is 1.97 bits per heavy atom. The highest BCUT2D eigenvalue weighted by Gasteiger charge is 2.13. The minimum absolute atomic E-state index is 0.136. The van der Waals surface area contributed by atoms with Gasteiger partial charge in [-0.3, -0.25) is 9.59 Å². The van der Waals surface area contributed by atoms with Crippen LogP contribution in [-0.4, -0.2) is 26.5 Å². The smallest absolute Gasteiger partial charge is 0.255 e. The second-order valence-electron chi connectivity index (χ2n) is 6.60. The molecular formula is C22H20N2O4S. The van der Waals surface area contributed by atoms with Gasteiger partial charge in [-0.2, -0.15) is 0 Å². The number of amides is 2. The Bertz CT molecular complexity index is 1160. The van der Waals surface area contributed by atoms with Gasteiger partial charge in [-0.05, 0) is 61.0 Å². The van der Waals surface area contributed by atoms with Crippen LogP contribution < -0.4 is 10.6 Å². The maximum Gasteiger partial charge on any atom is 0.255 e. The number of benzene rings is 3. The topological polar surface area (TPSA) is 92.3 Å².